The maximum Gasteiger partial charge on any atom is 0.343 e. The van der Waals surface area contributed by atoms with Crippen LogP contribution in [-0.2, 0) is 11.3 Å². The molecule has 0 saturated heterocycles. The Morgan fingerprint density at radius 1 is 1.24 bits per heavy atom. The smallest absolute Gasteiger partial charge is 0.343 e. The summed E-state index contributed by atoms with van der Waals surface area (Å²) in [7, 11) is 3.13. The number of hydrogen-bond acceptors (Lipinski definition) is 6. The Morgan fingerprint density at radius 2 is 2.00 bits per heavy atom. The van der Waals surface area contributed by atoms with E-state index in [4.69, 9.17) is 14.2 Å². The van der Waals surface area contributed by atoms with Crippen molar-refractivity contribution < 1.29 is 23.4 Å². The predicted molar refractivity (Wildman–Crippen MR) is 127 cm³/mol. The van der Waals surface area contributed by atoms with Crippen LogP contribution in [0.5, 0.6) is 11.5 Å². The third kappa shape index (κ3) is 4.42. The van der Waals surface area contributed by atoms with E-state index in [1.54, 1.807) is 37.8 Å². The normalized spacial score (nSPS) is 13.1. The summed E-state index contributed by atoms with van der Waals surface area (Å²) in [4.78, 5) is 25.9. The van der Waals surface area contributed by atoms with E-state index in [1.165, 1.54) is 12.3 Å². The second-order valence-electron chi connectivity index (χ2n) is 7.71. The van der Waals surface area contributed by atoms with Crippen molar-refractivity contribution in [1.29, 1.82) is 0 Å². The molecular weight excluding hydrogens is 495 g/mol. The van der Waals surface area contributed by atoms with Gasteiger partial charge in [-0.15, -0.1) is 0 Å². The minimum absolute atomic E-state index is 0.0274. The molecule has 0 aliphatic heterocycles. The second-order valence-corrected chi connectivity index (χ2v) is 8.56. The lowest BCUT2D eigenvalue weighted by Gasteiger charge is -2.18. The Kier molecular flexibility index (Phi) is 6.60. The standard InChI is InChI=1S/C24H24BrFN2O5/c1-4-33-24(30)16-12-28(14-6-7-14)22-20(23(16)29)18(10-17(25)21(22)26)27-11-13-5-8-15(31-2)9-19(13)32-3/h5,8-10,12,14,27H,4,6-7,11H2,1-3H3. The molecule has 7 nitrogen and oxygen atoms in total. The summed E-state index contributed by atoms with van der Waals surface area (Å²) in [6.07, 6.45) is 3.11. The summed E-state index contributed by atoms with van der Waals surface area (Å²) in [6, 6.07) is 6.95. The molecular formula is C24H24BrFN2O5. The lowest BCUT2D eigenvalue weighted by atomic mass is 10.1. The van der Waals surface area contributed by atoms with E-state index >= 15 is 4.39 Å². The van der Waals surface area contributed by atoms with Crippen molar-refractivity contribution >= 4 is 38.5 Å². The molecule has 1 saturated carbocycles. The molecule has 1 fully saturated rings. The fourth-order valence-electron chi connectivity index (χ4n) is 3.80. The van der Waals surface area contributed by atoms with Gasteiger partial charge in [-0.3, -0.25) is 4.79 Å². The molecule has 0 radical (unpaired) electrons. The molecule has 0 unspecified atom stereocenters. The van der Waals surface area contributed by atoms with E-state index in [2.05, 4.69) is 21.2 Å². The SMILES string of the molecule is CCOC(=O)c1cn(C2CC2)c2c(F)c(Br)cc(NCc3ccc(OC)cc3OC)c2c1=O. The third-order valence-corrected chi connectivity index (χ3v) is 6.17. The molecule has 1 aromatic heterocycles. The van der Waals surface area contributed by atoms with Gasteiger partial charge in [-0.2, -0.15) is 0 Å². The van der Waals surface area contributed by atoms with Crippen LogP contribution in [0.4, 0.5) is 10.1 Å². The minimum Gasteiger partial charge on any atom is -0.497 e. The minimum atomic E-state index is -0.718. The van der Waals surface area contributed by atoms with Crippen LogP contribution in [0.2, 0.25) is 0 Å². The average molecular weight is 519 g/mol. The second kappa shape index (κ2) is 9.43. The number of methoxy groups -OCH3 is 2. The Hall–Kier alpha value is -3.07. The van der Waals surface area contributed by atoms with Gasteiger partial charge in [0.2, 0.25) is 5.43 Å². The molecule has 9 heteroatoms. The van der Waals surface area contributed by atoms with E-state index in [0.717, 1.165) is 18.4 Å². The first-order valence-corrected chi connectivity index (χ1v) is 11.4. The number of esters is 1. The van der Waals surface area contributed by atoms with E-state index in [1.807, 2.05) is 6.07 Å². The largest absolute Gasteiger partial charge is 0.497 e. The number of ether oxygens (including phenoxy) is 3. The Bertz CT molecular complexity index is 1290. The number of benzene rings is 2. The van der Waals surface area contributed by atoms with Crippen molar-refractivity contribution in [1.82, 2.24) is 4.57 Å². The number of halogens is 2. The summed E-state index contributed by atoms with van der Waals surface area (Å²) in [6.45, 7) is 2.11. The van der Waals surface area contributed by atoms with E-state index in [0.29, 0.717) is 23.7 Å². The average Bonchev–Trinajstić information content (AvgIpc) is 3.65. The molecule has 1 N–H and O–H groups in total. The molecule has 1 aliphatic carbocycles. The molecule has 3 aromatic rings. The van der Waals surface area contributed by atoms with Crippen LogP contribution >= 0.6 is 15.9 Å². The number of nitrogens with zero attached hydrogens (tertiary/aromatic N) is 1. The first kappa shape index (κ1) is 23.1. The topological polar surface area (TPSA) is 78.8 Å². The van der Waals surface area contributed by atoms with Crippen molar-refractivity contribution in [2.75, 3.05) is 26.1 Å². The highest BCUT2D eigenvalue weighted by Crippen LogP contribution is 2.40. The summed E-state index contributed by atoms with van der Waals surface area (Å²) >= 11 is 3.28. The molecule has 174 valence electrons. The molecule has 1 aliphatic rings. The highest BCUT2D eigenvalue weighted by atomic mass is 79.9. The Balaban J connectivity index is 1.86. The van der Waals surface area contributed by atoms with Gasteiger partial charge in [-0.25, -0.2) is 9.18 Å². The van der Waals surface area contributed by atoms with Gasteiger partial charge in [0.25, 0.3) is 0 Å². The quantitative estimate of drug-likeness (QED) is 0.420. The zero-order chi connectivity index (χ0) is 23.7. The van der Waals surface area contributed by atoms with Crippen LogP contribution in [-0.4, -0.2) is 31.4 Å². The van der Waals surface area contributed by atoms with Gasteiger partial charge in [-0.05, 0) is 53.9 Å². The highest BCUT2D eigenvalue weighted by Gasteiger charge is 2.30. The predicted octanol–water partition coefficient (Wildman–Crippen LogP) is 5.04. The zero-order valence-electron chi connectivity index (χ0n) is 18.5. The molecule has 0 spiro atoms. The van der Waals surface area contributed by atoms with E-state index in [-0.39, 0.29) is 33.6 Å². The monoisotopic (exact) mass is 518 g/mol. The van der Waals surface area contributed by atoms with Crippen LogP contribution in [0.3, 0.4) is 0 Å². The first-order chi connectivity index (χ1) is 15.9. The van der Waals surface area contributed by atoms with Gasteiger partial charge in [0.05, 0.1) is 36.2 Å². The number of fused-ring (bicyclic) bond motifs is 1. The van der Waals surface area contributed by atoms with Crippen LogP contribution in [0, 0.1) is 5.82 Å². The van der Waals surface area contributed by atoms with Crippen LogP contribution < -0.4 is 20.2 Å². The van der Waals surface area contributed by atoms with Crippen molar-refractivity contribution in [3.8, 4) is 11.5 Å². The van der Waals surface area contributed by atoms with Crippen molar-refractivity contribution in [3.05, 3.63) is 62.1 Å². The molecule has 2 aromatic carbocycles. The number of pyridine rings is 1. The number of carbonyl (C=O) groups excluding carboxylic acids is 1. The number of carbonyl (C=O) groups is 1. The fraction of sp³-hybridized carbons (Fsp3) is 0.333. The molecule has 4 rings (SSSR count). The maximum atomic E-state index is 15.3. The molecule has 0 amide bonds. The maximum absolute atomic E-state index is 15.3. The van der Waals surface area contributed by atoms with Crippen molar-refractivity contribution in [3.63, 3.8) is 0 Å². The van der Waals surface area contributed by atoms with Crippen molar-refractivity contribution in [2.24, 2.45) is 0 Å². The fourth-order valence-corrected chi connectivity index (χ4v) is 4.22. The number of rotatable bonds is 8. The van der Waals surface area contributed by atoms with Gasteiger partial charge in [0, 0.05) is 36.1 Å². The van der Waals surface area contributed by atoms with Crippen LogP contribution in [0.1, 0.15) is 41.7 Å². The van der Waals surface area contributed by atoms with E-state index in [9.17, 15) is 9.59 Å². The summed E-state index contributed by atoms with van der Waals surface area (Å²) in [5, 5.41) is 3.34. The van der Waals surface area contributed by atoms with Gasteiger partial charge in [-0.1, -0.05) is 0 Å². The lowest BCUT2D eigenvalue weighted by molar-refractivity contribution is 0.0524. The van der Waals surface area contributed by atoms with Crippen molar-refractivity contribution in [2.45, 2.75) is 32.4 Å². The number of nitrogens with one attached hydrogen (secondary N) is 1. The Morgan fingerprint density at radius 3 is 2.64 bits per heavy atom. The third-order valence-electron chi connectivity index (χ3n) is 5.59. The number of aromatic nitrogens is 1. The first-order valence-electron chi connectivity index (χ1n) is 10.6. The highest BCUT2D eigenvalue weighted by molar-refractivity contribution is 9.10. The number of anilines is 1. The zero-order valence-corrected chi connectivity index (χ0v) is 20.1. The summed E-state index contributed by atoms with van der Waals surface area (Å²) < 4.78 is 32.9. The van der Waals surface area contributed by atoms with Crippen LogP contribution in [0.25, 0.3) is 10.9 Å². The van der Waals surface area contributed by atoms with E-state index < -0.39 is 17.2 Å². The van der Waals surface area contributed by atoms with Crippen LogP contribution in [0.15, 0.2) is 39.7 Å². The van der Waals surface area contributed by atoms with Gasteiger partial charge >= 0.3 is 5.97 Å². The lowest BCUT2D eigenvalue weighted by Crippen LogP contribution is -2.22. The molecule has 33 heavy (non-hydrogen) atoms. The Labute approximate surface area is 198 Å². The molecule has 1 heterocycles. The van der Waals surface area contributed by atoms with Gasteiger partial charge in [0.1, 0.15) is 17.1 Å². The van der Waals surface area contributed by atoms with Gasteiger partial charge < -0.3 is 24.1 Å². The summed E-state index contributed by atoms with van der Waals surface area (Å²) in [5.74, 6) is -0.00574. The summed E-state index contributed by atoms with van der Waals surface area (Å²) in [5.41, 5.74) is 0.700. The molecule has 0 atom stereocenters. The van der Waals surface area contributed by atoms with Gasteiger partial charge in [0.15, 0.2) is 5.82 Å². The number of hydrogen-bond donors (Lipinski definition) is 1. The molecule has 0 bridgehead atoms.